The monoisotopic (exact) mass is 312 g/mol. The van der Waals surface area contributed by atoms with Gasteiger partial charge in [0.1, 0.15) is 0 Å². The summed E-state index contributed by atoms with van der Waals surface area (Å²) in [4.78, 5) is 12.8. The second-order valence-corrected chi connectivity index (χ2v) is 5.88. The summed E-state index contributed by atoms with van der Waals surface area (Å²) in [5, 5.41) is 13.6. The molecule has 0 saturated carbocycles. The zero-order valence-electron chi connectivity index (χ0n) is 8.72. The lowest BCUT2D eigenvalue weighted by Crippen LogP contribution is -2.27. The Hall–Kier alpha value is -1.40. The third-order valence-electron chi connectivity index (χ3n) is 2.12. The molecule has 0 aliphatic heterocycles. The van der Waals surface area contributed by atoms with Crippen LogP contribution >= 0.6 is 27.3 Å². The summed E-state index contributed by atoms with van der Waals surface area (Å²) in [5.41, 5.74) is 0.479. The molecular weight excluding hydrogens is 304 g/mol. The van der Waals surface area contributed by atoms with E-state index in [0.717, 1.165) is 8.66 Å². The predicted octanol–water partition coefficient (Wildman–Crippen LogP) is 2.07. The number of carbonyl (C=O) groups excluding carboxylic acids is 1. The van der Waals surface area contributed by atoms with Gasteiger partial charge in [-0.25, -0.2) is 0 Å². The molecule has 0 atom stereocenters. The van der Waals surface area contributed by atoms with E-state index in [2.05, 4.69) is 21.2 Å². The Balaban J connectivity index is 1.95. The number of halogens is 1. The van der Waals surface area contributed by atoms with Gasteiger partial charge in [0.25, 0.3) is 5.91 Å². The first-order chi connectivity index (χ1) is 8.15. The van der Waals surface area contributed by atoms with Crippen LogP contribution in [0.4, 0.5) is 0 Å². The van der Waals surface area contributed by atoms with Crippen LogP contribution < -0.4 is 10.0 Å². The van der Waals surface area contributed by atoms with Gasteiger partial charge >= 0.3 is 0 Å². The zero-order valence-corrected chi connectivity index (χ0v) is 11.1. The van der Waals surface area contributed by atoms with E-state index in [-0.39, 0.29) is 5.91 Å². The van der Waals surface area contributed by atoms with E-state index in [4.69, 9.17) is 0 Å². The quantitative estimate of drug-likeness (QED) is 0.697. The molecule has 1 amide bonds. The van der Waals surface area contributed by atoms with E-state index in [9.17, 15) is 10.0 Å². The van der Waals surface area contributed by atoms with Crippen molar-refractivity contribution < 1.29 is 9.52 Å². The number of nitrogens with zero attached hydrogens (tertiary/aromatic N) is 1. The summed E-state index contributed by atoms with van der Waals surface area (Å²) in [5.74, 6) is -0.185. The Labute approximate surface area is 111 Å². The molecule has 2 aromatic rings. The Morgan fingerprint density at radius 2 is 2.06 bits per heavy atom. The summed E-state index contributed by atoms with van der Waals surface area (Å²) in [6.07, 6.45) is 2.60. The number of pyridine rings is 1. The van der Waals surface area contributed by atoms with Gasteiger partial charge in [-0.3, -0.25) is 4.79 Å². The van der Waals surface area contributed by atoms with E-state index in [1.54, 1.807) is 11.3 Å². The summed E-state index contributed by atoms with van der Waals surface area (Å²) in [6, 6.07) is 6.87. The minimum absolute atomic E-state index is 0.185. The third-order valence-corrected chi connectivity index (χ3v) is 3.74. The van der Waals surface area contributed by atoms with Gasteiger partial charge in [0, 0.05) is 17.0 Å². The van der Waals surface area contributed by atoms with Crippen LogP contribution in [0.1, 0.15) is 15.2 Å². The van der Waals surface area contributed by atoms with Crippen molar-refractivity contribution in [1.82, 2.24) is 5.32 Å². The van der Waals surface area contributed by atoms with Gasteiger partial charge in [0.15, 0.2) is 12.4 Å². The highest BCUT2D eigenvalue weighted by Crippen LogP contribution is 2.21. The van der Waals surface area contributed by atoms with Gasteiger partial charge < -0.3 is 10.5 Å². The maximum absolute atomic E-state index is 11.7. The number of carbonyl (C=O) groups is 1. The lowest BCUT2D eigenvalue weighted by molar-refractivity contribution is -0.605. The van der Waals surface area contributed by atoms with Crippen LogP contribution in [0.25, 0.3) is 0 Å². The smallest absolute Gasteiger partial charge is 0.252 e. The predicted molar refractivity (Wildman–Crippen MR) is 68.6 cm³/mol. The molecule has 6 heteroatoms. The lowest BCUT2D eigenvalue weighted by Gasteiger charge is -2.03. The molecule has 0 unspecified atom stereocenters. The minimum atomic E-state index is -0.185. The fourth-order valence-electron chi connectivity index (χ4n) is 1.28. The zero-order chi connectivity index (χ0) is 12.3. The van der Waals surface area contributed by atoms with Crippen LogP contribution in [0.3, 0.4) is 0 Å². The van der Waals surface area contributed by atoms with Gasteiger partial charge in [-0.15, -0.1) is 11.3 Å². The molecule has 88 valence electrons. The summed E-state index contributed by atoms with van der Waals surface area (Å²) in [7, 11) is 0. The topological polar surface area (TPSA) is 56.0 Å². The molecule has 0 spiro atoms. The molecule has 4 nitrogen and oxygen atoms in total. The number of nitrogens with one attached hydrogen (secondary N) is 1. The Kier molecular flexibility index (Phi) is 3.75. The van der Waals surface area contributed by atoms with Crippen molar-refractivity contribution in [3.63, 3.8) is 0 Å². The van der Waals surface area contributed by atoms with E-state index >= 15 is 0 Å². The summed E-state index contributed by atoms with van der Waals surface area (Å²) < 4.78 is 1.68. The van der Waals surface area contributed by atoms with Crippen molar-refractivity contribution in [3.8, 4) is 0 Å². The van der Waals surface area contributed by atoms with Crippen LogP contribution in [0.15, 0.2) is 40.4 Å². The van der Waals surface area contributed by atoms with Crippen molar-refractivity contribution in [2.45, 2.75) is 6.54 Å². The maximum atomic E-state index is 11.7. The molecule has 2 aromatic heterocycles. The van der Waals surface area contributed by atoms with Crippen molar-refractivity contribution >= 4 is 33.2 Å². The SMILES string of the molecule is O=C(NCc1ccc(Br)s1)c1cc[n+]([O-])cc1. The Morgan fingerprint density at radius 1 is 1.35 bits per heavy atom. The largest absolute Gasteiger partial charge is 0.619 e. The van der Waals surface area contributed by atoms with Gasteiger partial charge in [0.05, 0.1) is 15.9 Å². The van der Waals surface area contributed by atoms with Crippen LogP contribution in [0.5, 0.6) is 0 Å². The first-order valence-corrected chi connectivity index (χ1v) is 6.47. The molecule has 0 bridgehead atoms. The lowest BCUT2D eigenvalue weighted by atomic mass is 10.2. The standard InChI is InChI=1S/C11H9BrN2O2S/c12-10-2-1-9(17-10)7-13-11(15)8-3-5-14(16)6-4-8/h1-6H,7H2,(H,13,15). The molecular formula is C11H9BrN2O2S. The molecule has 17 heavy (non-hydrogen) atoms. The molecule has 0 aliphatic rings. The second-order valence-electron chi connectivity index (χ2n) is 3.34. The third kappa shape index (κ3) is 3.28. The first kappa shape index (κ1) is 12.1. The number of hydrogen-bond acceptors (Lipinski definition) is 3. The molecule has 0 aliphatic carbocycles. The van der Waals surface area contributed by atoms with Crippen LogP contribution in [-0.4, -0.2) is 5.91 Å². The average molecular weight is 313 g/mol. The molecule has 2 rings (SSSR count). The normalized spacial score (nSPS) is 10.2. The average Bonchev–Trinajstić information content (AvgIpc) is 2.73. The first-order valence-electron chi connectivity index (χ1n) is 4.86. The second kappa shape index (κ2) is 5.29. The van der Waals surface area contributed by atoms with Crippen molar-refractivity contribution in [3.05, 3.63) is 56.1 Å². The number of thiophene rings is 1. The van der Waals surface area contributed by atoms with Gasteiger partial charge in [0.2, 0.25) is 0 Å². The number of hydrogen-bond donors (Lipinski definition) is 1. The highest BCUT2D eigenvalue weighted by molar-refractivity contribution is 9.11. The maximum Gasteiger partial charge on any atom is 0.252 e. The van der Waals surface area contributed by atoms with Gasteiger partial charge in [-0.05, 0) is 28.1 Å². The van der Waals surface area contributed by atoms with Crippen LogP contribution in [0, 0.1) is 5.21 Å². The fourth-order valence-corrected chi connectivity index (χ4v) is 2.70. The van der Waals surface area contributed by atoms with Crippen molar-refractivity contribution in [2.24, 2.45) is 0 Å². The molecule has 0 radical (unpaired) electrons. The number of aromatic nitrogens is 1. The molecule has 1 N–H and O–H groups in total. The van der Waals surface area contributed by atoms with E-state index in [1.165, 1.54) is 24.5 Å². The van der Waals surface area contributed by atoms with E-state index < -0.39 is 0 Å². The summed E-state index contributed by atoms with van der Waals surface area (Å²) in [6.45, 7) is 0.487. The van der Waals surface area contributed by atoms with Crippen molar-refractivity contribution in [2.75, 3.05) is 0 Å². The highest BCUT2D eigenvalue weighted by Gasteiger charge is 2.06. The van der Waals surface area contributed by atoms with Crippen LogP contribution in [0.2, 0.25) is 0 Å². The Bertz CT molecular complexity index is 525. The van der Waals surface area contributed by atoms with E-state index in [1.807, 2.05) is 12.1 Å². The van der Waals surface area contributed by atoms with Gasteiger partial charge in [-0.2, -0.15) is 4.73 Å². The molecule has 2 heterocycles. The van der Waals surface area contributed by atoms with Gasteiger partial charge in [-0.1, -0.05) is 0 Å². The molecule has 0 fully saturated rings. The summed E-state index contributed by atoms with van der Waals surface area (Å²) >= 11 is 4.94. The van der Waals surface area contributed by atoms with Crippen LogP contribution in [-0.2, 0) is 6.54 Å². The number of amides is 1. The number of rotatable bonds is 3. The molecule has 0 saturated heterocycles. The fraction of sp³-hybridized carbons (Fsp3) is 0.0909. The van der Waals surface area contributed by atoms with E-state index in [0.29, 0.717) is 16.8 Å². The van der Waals surface area contributed by atoms with Crippen molar-refractivity contribution in [1.29, 1.82) is 0 Å². The molecule has 0 aromatic carbocycles. The Morgan fingerprint density at radius 3 is 2.65 bits per heavy atom. The minimum Gasteiger partial charge on any atom is -0.619 e. The highest BCUT2D eigenvalue weighted by atomic mass is 79.9.